The minimum atomic E-state index is -0.163. The molecule has 0 radical (unpaired) electrons. The second kappa shape index (κ2) is 6.76. The fraction of sp³-hybridized carbons (Fsp3) is 0.833. The van der Waals surface area contributed by atoms with Gasteiger partial charge in [0.15, 0.2) is 8.68 Å². The van der Waals surface area contributed by atoms with E-state index in [4.69, 9.17) is 0 Å². The van der Waals surface area contributed by atoms with Crippen LogP contribution in [0.2, 0.25) is 0 Å². The molecular weight excluding hydrogens is 298 g/mol. The van der Waals surface area contributed by atoms with Gasteiger partial charge in [-0.05, 0) is 25.0 Å². The molecule has 1 aromatic heterocycles. The van der Waals surface area contributed by atoms with Gasteiger partial charge in [-0.15, -0.1) is 10.2 Å². The number of nitrogens with one attached hydrogen (secondary N) is 1. The molecule has 2 N–H and O–H groups in total. The van der Waals surface area contributed by atoms with E-state index in [1.165, 1.54) is 12.8 Å². The number of rotatable bonds is 8. The van der Waals surface area contributed by atoms with Crippen LogP contribution in [0, 0.1) is 5.92 Å². The van der Waals surface area contributed by atoms with Crippen molar-refractivity contribution >= 4 is 34.9 Å². The number of hydrogen-bond donors (Lipinski definition) is 2. The molecule has 1 heterocycles. The van der Waals surface area contributed by atoms with Gasteiger partial charge in [0.1, 0.15) is 0 Å². The zero-order chi connectivity index (χ0) is 13.9. The number of thioether (sulfide) groups is 2. The van der Waals surface area contributed by atoms with Crippen molar-refractivity contribution in [3.8, 4) is 0 Å². The minimum absolute atomic E-state index is 0.163. The first-order chi connectivity index (χ1) is 9.09. The molecule has 0 saturated heterocycles. The molecule has 1 aromatic rings. The Morgan fingerprint density at radius 2 is 2.11 bits per heavy atom. The Kier molecular flexibility index (Phi) is 5.54. The van der Waals surface area contributed by atoms with Gasteiger partial charge < -0.3 is 10.4 Å². The lowest BCUT2D eigenvalue weighted by atomic mass is 9.95. The van der Waals surface area contributed by atoms with Crippen LogP contribution >= 0.6 is 34.9 Å². The van der Waals surface area contributed by atoms with Crippen LogP contribution in [0.5, 0.6) is 0 Å². The first kappa shape index (κ1) is 15.6. The maximum atomic E-state index is 9.85. The average molecular weight is 320 g/mol. The summed E-state index contributed by atoms with van der Waals surface area (Å²) in [6.45, 7) is 4.46. The number of aromatic nitrogens is 2. The number of aliphatic hydroxyl groups excluding tert-OH is 1. The van der Waals surface area contributed by atoms with Gasteiger partial charge in [-0.25, -0.2) is 0 Å². The Morgan fingerprint density at radius 3 is 2.58 bits per heavy atom. The van der Waals surface area contributed by atoms with Crippen molar-refractivity contribution in [3.63, 3.8) is 0 Å². The van der Waals surface area contributed by atoms with Crippen molar-refractivity contribution in [1.82, 2.24) is 15.5 Å². The van der Waals surface area contributed by atoms with E-state index in [1.807, 2.05) is 6.26 Å². The van der Waals surface area contributed by atoms with E-state index in [-0.39, 0.29) is 12.1 Å². The minimum Gasteiger partial charge on any atom is -0.394 e. The van der Waals surface area contributed by atoms with Crippen molar-refractivity contribution < 1.29 is 5.11 Å². The monoisotopic (exact) mass is 319 g/mol. The SMILES string of the molecule is CSc1nnc(SCC(CO)(NC(C)C)C2CC2)s1. The van der Waals surface area contributed by atoms with Crippen LogP contribution in [-0.4, -0.2) is 45.5 Å². The Hall–Kier alpha value is 0.180. The molecule has 7 heteroatoms. The zero-order valence-electron chi connectivity index (χ0n) is 11.5. The third kappa shape index (κ3) is 4.07. The summed E-state index contributed by atoms with van der Waals surface area (Å²) in [5, 5.41) is 21.7. The van der Waals surface area contributed by atoms with Gasteiger partial charge in [0.25, 0.3) is 0 Å². The van der Waals surface area contributed by atoms with Crippen molar-refractivity contribution in [2.75, 3.05) is 18.6 Å². The van der Waals surface area contributed by atoms with Gasteiger partial charge in [0, 0.05) is 11.8 Å². The van der Waals surface area contributed by atoms with E-state index in [1.54, 1.807) is 34.9 Å². The molecular formula is C12H21N3OS3. The number of aliphatic hydroxyl groups is 1. The third-order valence-electron chi connectivity index (χ3n) is 3.23. The molecule has 0 aromatic carbocycles. The van der Waals surface area contributed by atoms with Crippen LogP contribution in [0.4, 0.5) is 0 Å². The topological polar surface area (TPSA) is 58.0 Å². The Labute approximate surface area is 127 Å². The Morgan fingerprint density at radius 1 is 1.42 bits per heavy atom. The lowest BCUT2D eigenvalue weighted by Crippen LogP contribution is -2.55. The van der Waals surface area contributed by atoms with E-state index in [0.717, 1.165) is 14.4 Å². The fourth-order valence-electron chi connectivity index (χ4n) is 2.24. The number of nitrogens with zero attached hydrogens (tertiary/aromatic N) is 2. The molecule has 108 valence electrons. The van der Waals surface area contributed by atoms with E-state index >= 15 is 0 Å². The summed E-state index contributed by atoms with van der Waals surface area (Å²) in [6, 6.07) is 0.379. The van der Waals surface area contributed by atoms with Crippen molar-refractivity contribution in [2.24, 2.45) is 5.92 Å². The van der Waals surface area contributed by atoms with Crippen LogP contribution in [0.3, 0.4) is 0 Å². The molecule has 0 amide bonds. The van der Waals surface area contributed by atoms with Crippen LogP contribution in [0.15, 0.2) is 8.68 Å². The maximum absolute atomic E-state index is 9.85. The summed E-state index contributed by atoms with van der Waals surface area (Å²) < 4.78 is 1.99. The van der Waals surface area contributed by atoms with Gasteiger partial charge in [0.2, 0.25) is 0 Å². The van der Waals surface area contributed by atoms with Crippen molar-refractivity contribution in [3.05, 3.63) is 0 Å². The summed E-state index contributed by atoms with van der Waals surface area (Å²) in [6.07, 6.45) is 4.44. The van der Waals surface area contributed by atoms with E-state index in [9.17, 15) is 5.11 Å². The molecule has 1 saturated carbocycles. The van der Waals surface area contributed by atoms with E-state index in [2.05, 4.69) is 29.4 Å². The van der Waals surface area contributed by atoms with Gasteiger partial charge in [-0.2, -0.15) is 0 Å². The summed E-state index contributed by atoms with van der Waals surface area (Å²) in [5.41, 5.74) is -0.163. The molecule has 0 spiro atoms. The first-order valence-electron chi connectivity index (χ1n) is 6.48. The third-order valence-corrected chi connectivity index (χ3v) is 6.52. The highest BCUT2D eigenvalue weighted by atomic mass is 32.2. The molecule has 0 aliphatic heterocycles. The van der Waals surface area contributed by atoms with Crippen LogP contribution < -0.4 is 5.32 Å². The fourth-order valence-corrected chi connectivity index (χ4v) is 4.94. The highest BCUT2D eigenvalue weighted by molar-refractivity contribution is 8.03. The highest BCUT2D eigenvalue weighted by Gasteiger charge is 2.45. The predicted octanol–water partition coefficient (Wildman–Crippen LogP) is 2.49. The van der Waals surface area contributed by atoms with Crippen LogP contribution in [0.1, 0.15) is 26.7 Å². The van der Waals surface area contributed by atoms with Crippen molar-refractivity contribution in [2.45, 2.75) is 46.9 Å². The smallest absolute Gasteiger partial charge is 0.175 e. The molecule has 4 nitrogen and oxygen atoms in total. The molecule has 2 rings (SSSR count). The van der Waals surface area contributed by atoms with E-state index in [0.29, 0.717) is 12.0 Å². The Balaban J connectivity index is 1.99. The van der Waals surface area contributed by atoms with E-state index < -0.39 is 0 Å². The van der Waals surface area contributed by atoms with Crippen LogP contribution in [-0.2, 0) is 0 Å². The number of hydrogen-bond acceptors (Lipinski definition) is 7. The molecule has 0 bridgehead atoms. The zero-order valence-corrected chi connectivity index (χ0v) is 14.0. The summed E-state index contributed by atoms with van der Waals surface area (Å²) in [5.74, 6) is 1.45. The molecule has 1 atom stereocenters. The Bertz CT molecular complexity index is 409. The lowest BCUT2D eigenvalue weighted by Gasteiger charge is -2.35. The summed E-state index contributed by atoms with van der Waals surface area (Å²) >= 11 is 4.96. The van der Waals surface area contributed by atoms with Gasteiger partial charge in [-0.1, -0.05) is 48.7 Å². The normalized spacial score (nSPS) is 18.8. The second-order valence-corrected chi connectivity index (χ2v) is 8.47. The van der Waals surface area contributed by atoms with Gasteiger partial charge in [0.05, 0.1) is 12.1 Å². The quantitative estimate of drug-likeness (QED) is 0.718. The largest absolute Gasteiger partial charge is 0.394 e. The highest BCUT2D eigenvalue weighted by Crippen LogP contribution is 2.43. The van der Waals surface area contributed by atoms with Gasteiger partial charge in [-0.3, -0.25) is 0 Å². The van der Waals surface area contributed by atoms with Gasteiger partial charge >= 0.3 is 0 Å². The average Bonchev–Trinajstić information content (AvgIpc) is 3.14. The summed E-state index contributed by atoms with van der Waals surface area (Å²) in [7, 11) is 0. The molecule has 19 heavy (non-hydrogen) atoms. The van der Waals surface area contributed by atoms with Crippen LogP contribution in [0.25, 0.3) is 0 Å². The summed E-state index contributed by atoms with van der Waals surface area (Å²) in [4.78, 5) is 0. The molecule has 1 aliphatic carbocycles. The predicted molar refractivity (Wildman–Crippen MR) is 83.2 cm³/mol. The lowest BCUT2D eigenvalue weighted by molar-refractivity contribution is 0.150. The molecule has 1 aliphatic rings. The molecule has 1 unspecified atom stereocenters. The standard InChI is InChI=1S/C12H21N3OS3/c1-8(2)13-12(6-16,9-4-5-9)7-18-11-15-14-10(17-3)19-11/h8-9,13,16H,4-7H2,1-3H3. The first-order valence-corrected chi connectivity index (χ1v) is 9.51. The molecule has 1 fully saturated rings. The second-order valence-electron chi connectivity index (χ2n) is 5.21. The maximum Gasteiger partial charge on any atom is 0.175 e. The van der Waals surface area contributed by atoms with Crippen molar-refractivity contribution in [1.29, 1.82) is 0 Å².